The summed E-state index contributed by atoms with van der Waals surface area (Å²) in [5, 5.41) is 0. The summed E-state index contributed by atoms with van der Waals surface area (Å²) < 4.78 is 1.57. The molecule has 2 nitrogen and oxygen atoms in total. The Kier molecular flexibility index (Phi) is 33.2. The van der Waals surface area contributed by atoms with E-state index in [1.807, 2.05) is 0 Å². The molecule has 53 heavy (non-hydrogen) atoms. The Hall–Kier alpha value is -1.99. The van der Waals surface area contributed by atoms with Crippen molar-refractivity contribution >= 4 is 11.4 Å². The van der Waals surface area contributed by atoms with E-state index in [9.17, 15) is 5.53 Å². The Morgan fingerprint density at radius 1 is 0.453 bits per heavy atom. The average Bonchev–Trinajstić information content (AvgIpc) is 3.45. The van der Waals surface area contributed by atoms with E-state index in [0.29, 0.717) is 0 Å². The number of nitrogens with zero attached hydrogens (tertiary/aromatic N) is 2. The van der Waals surface area contributed by atoms with Gasteiger partial charge in [0.15, 0.2) is 0 Å². The third-order valence-electron chi connectivity index (χ3n) is 10.5. The number of rotatable bonds is 28. The number of unbranched alkanes of at least 4 members (excludes halogenated alkanes) is 20. The first-order valence-corrected chi connectivity index (χ1v) is 22.1. The maximum atomic E-state index is 12.0. The van der Waals surface area contributed by atoms with Crippen LogP contribution in [0, 0.1) is 20.8 Å². The molecular weight excluding hydrogens is 687 g/mol. The van der Waals surface area contributed by atoms with Crippen molar-refractivity contribution in [3.8, 4) is 0 Å². The second-order valence-corrected chi connectivity index (χ2v) is 14.9. The van der Waals surface area contributed by atoms with Gasteiger partial charge < -0.3 is 19.4 Å². The zero-order valence-electron chi connectivity index (χ0n) is 35.6. The summed E-state index contributed by atoms with van der Waals surface area (Å²) in [6.07, 6.45) is 34.2. The largest absolute Gasteiger partial charge is 2.00 e. The summed E-state index contributed by atoms with van der Waals surface area (Å²) in [4.78, 5) is 0. The van der Waals surface area contributed by atoms with Gasteiger partial charge in [-0.15, -0.1) is 0 Å². The van der Waals surface area contributed by atoms with E-state index >= 15 is 0 Å². The van der Waals surface area contributed by atoms with E-state index in [4.69, 9.17) is 0 Å². The van der Waals surface area contributed by atoms with Crippen LogP contribution >= 0.6 is 0 Å². The molecule has 0 fully saturated rings. The number of aryl methyl sites for hydroxylation is 2. The summed E-state index contributed by atoms with van der Waals surface area (Å²) in [7, 11) is 0. The quantitative estimate of drug-likeness (QED) is 0.0356. The average molecular weight is 770 g/mol. The molecule has 1 aliphatic heterocycles. The monoisotopic (exact) mass is 769 g/mol. The molecule has 0 atom stereocenters. The maximum Gasteiger partial charge on any atom is 2.00 e. The predicted molar refractivity (Wildman–Crippen MR) is 233 cm³/mol. The van der Waals surface area contributed by atoms with E-state index < -0.39 is 0 Å². The van der Waals surface area contributed by atoms with Crippen LogP contribution < -0.4 is 0 Å². The Morgan fingerprint density at radius 2 is 0.830 bits per heavy atom. The minimum Gasteiger partial charge on any atom is -0.493 e. The molecule has 3 heteroatoms. The second-order valence-electron chi connectivity index (χ2n) is 14.9. The molecule has 302 valence electrons. The molecule has 0 saturated heterocycles. The first-order chi connectivity index (χ1) is 25.6. The number of allylic oxidation sites excluding steroid dienone is 2. The Labute approximate surface area is 340 Å². The number of benzene rings is 2. The molecule has 0 amide bonds. The molecule has 2 aromatic rings. The summed E-state index contributed by atoms with van der Waals surface area (Å²) in [5.41, 5.74) is 21.7. The van der Waals surface area contributed by atoms with Gasteiger partial charge in [-0.1, -0.05) is 179 Å². The third kappa shape index (κ3) is 20.5. The summed E-state index contributed by atoms with van der Waals surface area (Å²) in [5.74, 6) is 0. The van der Waals surface area contributed by atoms with Crippen molar-refractivity contribution in [1.82, 2.24) is 0 Å². The minimum atomic E-state index is 0. The van der Waals surface area contributed by atoms with E-state index in [1.165, 1.54) is 176 Å². The summed E-state index contributed by atoms with van der Waals surface area (Å²) in [6, 6.07) is 17.8. The molecule has 1 aliphatic rings. The van der Waals surface area contributed by atoms with Gasteiger partial charge in [0.2, 0.25) is 11.4 Å². The summed E-state index contributed by atoms with van der Waals surface area (Å²) in [6.45, 7) is 19.0. The second kappa shape index (κ2) is 34.5. The van der Waals surface area contributed by atoms with Crippen molar-refractivity contribution in [2.75, 3.05) is 0 Å². The van der Waals surface area contributed by atoms with Gasteiger partial charge in [-0.2, -0.15) is 13.8 Å². The molecule has 2 aromatic carbocycles. The van der Waals surface area contributed by atoms with Gasteiger partial charge in [-0.3, -0.25) is 0 Å². The Bertz CT molecular complexity index is 1240. The zero-order valence-corrected chi connectivity index (χ0v) is 36.6. The molecular formula is C50H82N2Ni. The van der Waals surface area contributed by atoms with Crippen molar-refractivity contribution in [2.24, 2.45) is 0 Å². The van der Waals surface area contributed by atoms with Gasteiger partial charge in [-0.25, -0.2) is 4.70 Å². The molecule has 0 aliphatic carbocycles. The van der Waals surface area contributed by atoms with Gasteiger partial charge in [0, 0.05) is 22.3 Å². The molecule has 0 bridgehead atoms. The SMILES string of the molecule is CCCCCCCCCCCCCCCCCCCC1=C(c2ccc(C)cc2)[N+](=[N-])C(c2cccc(CCCC)c2)=C1CCCCCC.[CH2-]C.[CH2-]C.[Ni+2]. The Balaban J connectivity index is 0.00000522. The van der Waals surface area contributed by atoms with Crippen molar-refractivity contribution in [1.29, 1.82) is 0 Å². The fraction of sp³-hybridized carbons (Fsp3) is 0.640. The van der Waals surface area contributed by atoms with Crippen LogP contribution in [0.4, 0.5) is 0 Å². The first kappa shape index (κ1) is 51.0. The van der Waals surface area contributed by atoms with Crippen molar-refractivity contribution in [3.05, 3.63) is 101 Å². The molecule has 0 unspecified atom stereocenters. The minimum absolute atomic E-state index is 0. The summed E-state index contributed by atoms with van der Waals surface area (Å²) >= 11 is 0. The van der Waals surface area contributed by atoms with Crippen LogP contribution in [0.15, 0.2) is 59.7 Å². The van der Waals surface area contributed by atoms with Gasteiger partial charge in [-0.05, 0) is 75.3 Å². The fourth-order valence-corrected chi connectivity index (χ4v) is 7.51. The predicted octanol–water partition coefficient (Wildman–Crippen LogP) is 17.2. The first-order valence-electron chi connectivity index (χ1n) is 22.1. The van der Waals surface area contributed by atoms with Crippen LogP contribution in [0.25, 0.3) is 16.9 Å². The Morgan fingerprint density at radius 3 is 1.26 bits per heavy atom. The molecule has 0 N–H and O–H groups in total. The van der Waals surface area contributed by atoms with Crippen LogP contribution in [0.1, 0.15) is 217 Å². The normalized spacial score (nSPS) is 12.3. The van der Waals surface area contributed by atoms with Crippen molar-refractivity contribution in [2.45, 2.75) is 208 Å². The molecule has 0 spiro atoms. The molecule has 0 saturated carbocycles. The van der Waals surface area contributed by atoms with E-state index in [-0.39, 0.29) is 16.5 Å². The van der Waals surface area contributed by atoms with Gasteiger partial charge in [0.25, 0.3) is 0 Å². The van der Waals surface area contributed by atoms with Crippen molar-refractivity contribution < 1.29 is 21.2 Å². The van der Waals surface area contributed by atoms with Crippen LogP contribution in [-0.2, 0) is 22.9 Å². The number of hydrogen-bond donors (Lipinski definition) is 0. The molecule has 0 radical (unpaired) electrons. The standard InChI is InChI=1S/C46H72N2.2C2H5.Ni/c1-5-8-11-13-14-15-16-17-18-19-20-21-22-23-24-25-27-33-43-44(32-26-12-9-6-2)46(42-31-28-30-40(38-42)29-10-7-3)48(47)45(43)41-36-34-39(4)35-37-41;2*1-2;/h28,30-31,34-38H,5-27,29,32-33H2,1-4H3;2*1H2,2H3;/q;2*-1;+2. The van der Waals surface area contributed by atoms with Gasteiger partial charge in [0.05, 0.1) is 0 Å². The molecule has 0 aromatic heterocycles. The smallest absolute Gasteiger partial charge is 0.493 e. The third-order valence-corrected chi connectivity index (χ3v) is 10.5. The van der Waals surface area contributed by atoms with E-state index in [0.717, 1.165) is 36.2 Å². The van der Waals surface area contributed by atoms with Crippen LogP contribution in [0.3, 0.4) is 0 Å². The van der Waals surface area contributed by atoms with Crippen molar-refractivity contribution in [3.63, 3.8) is 0 Å². The fourth-order valence-electron chi connectivity index (χ4n) is 7.51. The topological polar surface area (TPSA) is 25.3 Å². The van der Waals surface area contributed by atoms with E-state index in [1.54, 1.807) is 18.5 Å². The van der Waals surface area contributed by atoms with Crippen LogP contribution in [0.2, 0.25) is 0 Å². The molecule has 1 heterocycles. The van der Waals surface area contributed by atoms with Crippen LogP contribution in [-0.4, -0.2) is 4.70 Å². The van der Waals surface area contributed by atoms with Gasteiger partial charge >= 0.3 is 16.5 Å². The zero-order chi connectivity index (χ0) is 38.2. The van der Waals surface area contributed by atoms with Crippen LogP contribution in [0.5, 0.6) is 0 Å². The van der Waals surface area contributed by atoms with Gasteiger partial charge in [0.1, 0.15) is 0 Å². The number of hydrogen-bond acceptors (Lipinski definition) is 0. The molecule has 3 rings (SSSR count). The van der Waals surface area contributed by atoms with E-state index in [2.05, 4.69) is 90.1 Å². The maximum absolute atomic E-state index is 12.0.